The van der Waals surface area contributed by atoms with Crippen molar-refractivity contribution in [2.45, 2.75) is 45.6 Å². The minimum Gasteiger partial charge on any atom is -0.383 e. The zero-order chi connectivity index (χ0) is 18.0. The van der Waals surface area contributed by atoms with Gasteiger partial charge in [-0.05, 0) is 44.6 Å². The molecule has 0 aromatic carbocycles. The number of hydrogen-bond acceptors (Lipinski definition) is 4. The molecule has 3 aliphatic heterocycles. The van der Waals surface area contributed by atoms with Crippen molar-refractivity contribution < 1.29 is 9.53 Å². The fourth-order valence-electron chi connectivity index (χ4n) is 4.43. The normalized spacial score (nSPS) is 23.9. The van der Waals surface area contributed by atoms with E-state index in [1.54, 1.807) is 7.11 Å². The molecule has 1 aromatic rings. The lowest BCUT2D eigenvalue weighted by Crippen LogP contribution is -2.45. The van der Waals surface area contributed by atoms with Gasteiger partial charge in [0.15, 0.2) is 0 Å². The van der Waals surface area contributed by atoms with E-state index >= 15 is 0 Å². The van der Waals surface area contributed by atoms with E-state index in [0.717, 1.165) is 44.9 Å². The largest absolute Gasteiger partial charge is 0.383 e. The maximum Gasteiger partial charge on any atom is 0.222 e. The van der Waals surface area contributed by atoms with E-state index in [1.807, 2.05) is 18.7 Å². The zero-order valence-corrected chi connectivity index (χ0v) is 16.1. The molecule has 1 amide bonds. The summed E-state index contributed by atoms with van der Waals surface area (Å²) in [5.41, 5.74) is 3.46. The summed E-state index contributed by atoms with van der Waals surface area (Å²) in [4.78, 5) is 17.5. The third kappa shape index (κ3) is 4.06. The Bertz CT molecular complexity index is 613. The number of methoxy groups -OCH3 is 1. The first-order valence-electron chi connectivity index (χ1n) is 9.49. The monoisotopic (exact) mass is 348 g/mol. The van der Waals surface area contributed by atoms with Crippen LogP contribution in [0.1, 0.15) is 36.2 Å². The van der Waals surface area contributed by atoms with Crippen LogP contribution >= 0.6 is 0 Å². The Morgan fingerprint density at radius 3 is 2.72 bits per heavy atom. The summed E-state index contributed by atoms with van der Waals surface area (Å²) in [7, 11) is 3.73. The van der Waals surface area contributed by atoms with Crippen molar-refractivity contribution in [1.82, 2.24) is 19.6 Å². The Kier molecular flexibility index (Phi) is 5.79. The Balaban J connectivity index is 1.59. The second kappa shape index (κ2) is 7.87. The number of rotatable bonds is 6. The van der Waals surface area contributed by atoms with Crippen LogP contribution < -0.4 is 0 Å². The molecule has 2 bridgehead atoms. The summed E-state index contributed by atoms with van der Waals surface area (Å²) in [6.07, 6.45) is 3.84. The SMILES string of the molecule is COCCN1C[C@@H]2CC[C@H]1CN(C(=O)CCc1c(C)nn(C)c1C)C2. The van der Waals surface area contributed by atoms with Gasteiger partial charge < -0.3 is 9.64 Å². The van der Waals surface area contributed by atoms with E-state index < -0.39 is 0 Å². The number of ether oxygens (including phenoxy) is 1. The third-order valence-electron chi connectivity index (χ3n) is 6.01. The summed E-state index contributed by atoms with van der Waals surface area (Å²) in [6, 6.07) is 0.500. The van der Waals surface area contributed by atoms with Gasteiger partial charge in [-0.15, -0.1) is 0 Å². The Morgan fingerprint density at radius 2 is 2.04 bits per heavy atom. The van der Waals surface area contributed by atoms with Crippen molar-refractivity contribution in [3.05, 3.63) is 17.0 Å². The topological polar surface area (TPSA) is 50.6 Å². The fourth-order valence-corrected chi connectivity index (χ4v) is 4.43. The van der Waals surface area contributed by atoms with Gasteiger partial charge in [0, 0.05) is 58.5 Å². The number of aromatic nitrogens is 2. The van der Waals surface area contributed by atoms with Crippen molar-refractivity contribution in [2.24, 2.45) is 13.0 Å². The molecular formula is C19H32N4O2. The molecule has 2 atom stereocenters. The lowest BCUT2D eigenvalue weighted by atomic mass is 9.95. The van der Waals surface area contributed by atoms with Crippen molar-refractivity contribution in [3.8, 4) is 0 Å². The van der Waals surface area contributed by atoms with Crippen molar-refractivity contribution in [3.63, 3.8) is 0 Å². The van der Waals surface area contributed by atoms with Gasteiger partial charge in [0.25, 0.3) is 0 Å². The van der Waals surface area contributed by atoms with Gasteiger partial charge in [-0.25, -0.2) is 0 Å². The van der Waals surface area contributed by atoms with Gasteiger partial charge in [0.1, 0.15) is 0 Å². The molecule has 1 aromatic heterocycles. The highest BCUT2D eigenvalue weighted by molar-refractivity contribution is 5.76. The molecule has 0 aliphatic carbocycles. The van der Waals surface area contributed by atoms with Gasteiger partial charge >= 0.3 is 0 Å². The number of fused-ring (bicyclic) bond motifs is 4. The van der Waals surface area contributed by atoms with Gasteiger partial charge in [-0.2, -0.15) is 5.10 Å². The number of carbonyl (C=O) groups excluding carboxylic acids is 1. The van der Waals surface area contributed by atoms with Gasteiger partial charge in [0.2, 0.25) is 5.91 Å². The quantitative estimate of drug-likeness (QED) is 0.782. The standard InChI is InChI=1S/C19H32N4O2/c1-14-18(15(2)21(3)20-14)7-8-19(24)23-12-16-5-6-17(13-23)22(11-16)9-10-25-4/h16-17H,5-13H2,1-4H3/t16-,17-/m0/s1. The van der Waals surface area contributed by atoms with Crippen LogP contribution in [0, 0.1) is 19.8 Å². The molecule has 4 rings (SSSR count). The van der Waals surface area contributed by atoms with E-state index in [0.29, 0.717) is 24.3 Å². The van der Waals surface area contributed by atoms with Crippen LogP contribution in [0.5, 0.6) is 0 Å². The second-order valence-electron chi connectivity index (χ2n) is 7.66. The molecule has 0 spiro atoms. The molecule has 25 heavy (non-hydrogen) atoms. The predicted molar refractivity (Wildman–Crippen MR) is 97.5 cm³/mol. The smallest absolute Gasteiger partial charge is 0.222 e. The number of amides is 1. The van der Waals surface area contributed by atoms with E-state index in [4.69, 9.17) is 4.74 Å². The highest BCUT2D eigenvalue weighted by Gasteiger charge is 2.35. The zero-order valence-electron chi connectivity index (χ0n) is 16.1. The minimum atomic E-state index is 0.299. The molecule has 6 heteroatoms. The third-order valence-corrected chi connectivity index (χ3v) is 6.01. The lowest BCUT2D eigenvalue weighted by Gasteiger charge is -2.35. The molecule has 3 aliphatic rings. The molecular weight excluding hydrogens is 316 g/mol. The van der Waals surface area contributed by atoms with Crippen LogP contribution in [0.3, 0.4) is 0 Å². The van der Waals surface area contributed by atoms with E-state index in [-0.39, 0.29) is 0 Å². The van der Waals surface area contributed by atoms with E-state index in [9.17, 15) is 4.79 Å². The summed E-state index contributed by atoms with van der Waals surface area (Å²) in [6.45, 7) is 8.78. The Hall–Kier alpha value is -1.40. The number of carbonyl (C=O) groups is 1. The van der Waals surface area contributed by atoms with Crippen molar-refractivity contribution >= 4 is 5.91 Å². The molecule has 4 heterocycles. The number of aryl methyl sites for hydroxylation is 2. The highest BCUT2D eigenvalue weighted by atomic mass is 16.5. The van der Waals surface area contributed by atoms with Crippen LogP contribution in [0.4, 0.5) is 0 Å². The maximum absolute atomic E-state index is 12.8. The summed E-state index contributed by atoms with van der Waals surface area (Å²) < 4.78 is 7.16. The number of piperidine rings is 1. The van der Waals surface area contributed by atoms with Crippen LogP contribution in [0.2, 0.25) is 0 Å². The maximum atomic E-state index is 12.8. The van der Waals surface area contributed by atoms with Gasteiger partial charge in [-0.1, -0.05) is 0 Å². The molecule has 0 unspecified atom stereocenters. The Morgan fingerprint density at radius 1 is 1.24 bits per heavy atom. The molecule has 140 valence electrons. The first-order chi connectivity index (χ1) is 12.0. The minimum absolute atomic E-state index is 0.299. The van der Waals surface area contributed by atoms with E-state index in [1.165, 1.54) is 24.1 Å². The number of nitrogens with zero attached hydrogens (tertiary/aromatic N) is 4. The van der Waals surface area contributed by atoms with Crippen LogP contribution in [0.25, 0.3) is 0 Å². The Labute approximate surface area is 151 Å². The second-order valence-corrected chi connectivity index (χ2v) is 7.66. The summed E-state index contributed by atoms with van der Waals surface area (Å²) in [5, 5.41) is 4.46. The number of hydrogen-bond donors (Lipinski definition) is 0. The molecule has 3 fully saturated rings. The van der Waals surface area contributed by atoms with Crippen molar-refractivity contribution in [2.75, 3.05) is 39.9 Å². The first-order valence-corrected chi connectivity index (χ1v) is 9.49. The predicted octanol–water partition coefficient (Wildman–Crippen LogP) is 1.54. The van der Waals surface area contributed by atoms with Crippen LogP contribution in [0.15, 0.2) is 0 Å². The summed E-state index contributed by atoms with van der Waals surface area (Å²) >= 11 is 0. The fraction of sp³-hybridized carbons (Fsp3) is 0.789. The van der Waals surface area contributed by atoms with E-state index in [2.05, 4.69) is 21.8 Å². The van der Waals surface area contributed by atoms with Gasteiger partial charge in [0.05, 0.1) is 12.3 Å². The molecule has 6 nitrogen and oxygen atoms in total. The van der Waals surface area contributed by atoms with Gasteiger partial charge in [-0.3, -0.25) is 14.4 Å². The lowest BCUT2D eigenvalue weighted by molar-refractivity contribution is -0.131. The van der Waals surface area contributed by atoms with Crippen LogP contribution in [-0.2, 0) is 23.0 Å². The summed E-state index contributed by atoms with van der Waals surface area (Å²) in [5.74, 6) is 0.912. The molecule has 0 saturated carbocycles. The highest BCUT2D eigenvalue weighted by Crippen LogP contribution is 2.28. The average molecular weight is 348 g/mol. The van der Waals surface area contributed by atoms with Crippen LogP contribution in [-0.4, -0.2) is 71.4 Å². The molecule has 3 saturated heterocycles. The van der Waals surface area contributed by atoms with Crippen molar-refractivity contribution in [1.29, 1.82) is 0 Å². The molecule has 0 radical (unpaired) electrons. The molecule has 0 N–H and O–H groups in total. The average Bonchev–Trinajstić information content (AvgIpc) is 2.80. The first kappa shape index (κ1) is 18.4.